The van der Waals surface area contributed by atoms with Crippen LogP contribution >= 0.6 is 11.8 Å². The molecule has 1 aliphatic heterocycles. The number of nitrogens with two attached hydrogens (primary N) is 1. The summed E-state index contributed by atoms with van der Waals surface area (Å²) in [4.78, 5) is 6.81. The van der Waals surface area contributed by atoms with Crippen molar-refractivity contribution >= 4 is 27.6 Å². The van der Waals surface area contributed by atoms with Crippen molar-refractivity contribution in [1.29, 1.82) is 0 Å². The number of rotatable bonds is 4. The molecule has 116 valence electrons. The van der Waals surface area contributed by atoms with Crippen LogP contribution < -0.4 is 5.73 Å². The first kappa shape index (κ1) is 16.2. The molecule has 0 unspecified atom stereocenters. The molecular formula is C14H21N3O2S2. The van der Waals surface area contributed by atoms with Gasteiger partial charge in [0.2, 0.25) is 0 Å². The van der Waals surface area contributed by atoms with Crippen LogP contribution in [0.3, 0.4) is 0 Å². The molecule has 1 fully saturated rings. The highest BCUT2D eigenvalue weighted by Gasteiger charge is 2.13. The normalized spacial score (nSPS) is 17.0. The monoisotopic (exact) mass is 327 g/mol. The van der Waals surface area contributed by atoms with Crippen molar-refractivity contribution in [3.8, 4) is 0 Å². The zero-order valence-corrected chi connectivity index (χ0v) is 13.8. The summed E-state index contributed by atoms with van der Waals surface area (Å²) >= 11 is 1.92. The van der Waals surface area contributed by atoms with Gasteiger partial charge in [0.25, 0.3) is 0 Å². The number of hydrogen-bond donors (Lipinski definition) is 1. The Kier molecular flexibility index (Phi) is 5.52. The van der Waals surface area contributed by atoms with Crippen molar-refractivity contribution in [1.82, 2.24) is 4.90 Å². The number of benzene rings is 1. The molecule has 0 spiro atoms. The van der Waals surface area contributed by atoms with E-state index in [-0.39, 0.29) is 5.75 Å². The van der Waals surface area contributed by atoms with Gasteiger partial charge in [-0.3, -0.25) is 0 Å². The van der Waals surface area contributed by atoms with E-state index in [4.69, 9.17) is 5.73 Å². The van der Waals surface area contributed by atoms with Crippen molar-refractivity contribution in [2.45, 2.75) is 18.4 Å². The highest BCUT2D eigenvalue weighted by atomic mass is 32.2. The van der Waals surface area contributed by atoms with Gasteiger partial charge in [-0.25, -0.2) is 13.4 Å². The second-order valence-electron chi connectivity index (χ2n) is 4.82. The van der Waals surface area contributed by atoms with Crippen LogP contribution in [0.2, 0.25) is 0 Å². The number of thioether (sulfide) groups is 1. The van der Waals surface area contributed by atoms with Gasteiger partial charge in [-0.1, -0.05) is 19.1 Å². The van der Waals surface area contributed by atoms with Gasteiger partial charge >= 0.3 is 0 Å². The average molecular weight is 327 g/mol. The van der Waals surface area contributed by atoms with E-state index >= 15 is 0 Å². The van der Waals surface area contributed by atoms with Gasteiger partial charge in [0.15, 0.2) is 15.8 Å². The Morgan fingerprint density at radius 3 is 2.76 bits per heavy atom. The van der Waals surface area contributed by atoms with Gasteiger partial charge in [0.1, 0.15) is 0 Å². The molecule has 0 aliphatic carbocycles. The van der Waals surface area contributed by atoms with E-state index in [9.17, 15) is 8.42 Å². The van der Waals surface area contributed by atoms with E-state index in [2.05, 4.69) is 9.89 Å². The van der Waals surface area contributed by atoms with Gasteiger partial charge in [-0.05, 0) is 17.7 Å². The van der Waals surface area contributed by atoms with Crippen LogP contribution in [-0.2, 0) is 16.4 Å². The molecule has 7 heteroatoms. The van der Waals surface area contributed by atoms with Crippen LogP contribution in [0.5, 0.6) is 0 Å². The molecule has 21 heavy (non-hydrogen) atoms. The largest absolute Gasteiger partial charge is 0.370 e. The molecule has 1 aromatic rings. The Labute approximate surface area is 130 Å². The van der Waals surface area contributed by atoms with Crippen molar-refractivity contribution < 1.29 is 8.42 Å². The van der Waals surface area contributed by atoms with Crippen molar-refractivity contribution in [2.75, 3.05) is 30.3 Å². The van der Waals surface area contributed by atoms with E-state index in [1.807, 2.05) is 17.8 Å². The van der Waals surface area contributed by atoms with Crippen LogP contribution in [-0.4, -0.2) is 49.6 Å². The Balaban J connectivity index is 2.07. The minimum atomic E-state index is -3.17. The van der Waals surface area contributed by atoms with Crippen molar-refractivity contribution in [2.24, 2.45) is 10.7 Å². The minimum Gasteiger partial charge on any atom is -0.370 e. The second kappa shape index (κ2) is 7.17. The van der Waals surface area contributed by atoms with Crippen LogP contribution in [0, 0.1) is 0 Å². The Morgan fingerprint density at radius 1 is 1.38 bits per heavy atom. The predicted octanol–water partition coefficient (Wildman–Crippen LogP) is 1.34. The zero-order valence-electron chi connectivity index (χ0n) is 12.2. The number of sulfone groups is 1. The molecule has 2 rings (SSSR count). The Hall–Kier alpha value is -1.21. The molecule has 2 N–H and O–H groups in total. The topological polar surface area (TPSA) is 75.8 Å². The summed E-state index contributed by atoms with van der Waals surface area (Å²) in [5.74, 6) is 2.79. The van der Waals surface area contributed by atoms with Gasteiger partial charge in [0.05, 0.1) is 17.2 Å². The number of hydrogen-bond acceptors (Lipinski definition) is 4. The molecule has 0 aromatic heterocycles. The third-order valence-electron chi connectivity index (χ3n) is 3.40. The summed E-state index contributed by atoms with van der Waals surface area (Å²) in [6.07, 6.45) is 0. The first-order valence-corrected chi connectivity index (χ1v) is 9.78. The summed E-state index contributed by atoms with van der Waals surface area (Å²) in [6, 6.07) is 6.93. The molecule has 0 amide bonds. The van der Waals surface area contributed by atoms with E-state index in [1.165, 1.54) is 0 Å². The molecule has 0 atom stereocenters. The fourth-order valence-electron chi connectivity index (χ4n) is 2.07. The standard InChI is InChI=1S/C14H21N3O2S2/c1-2-21(18,19)13-5-3-4-12(10-13)11-16-14(15)17-6-8-20-9-7-17/h3-5,10H,2,6-9,11H2,1H3,(H2,15,16). The third-order valence-corrected chi connectivity index (χ3v) is 6.07. The molecule has 1 aromatic carbocycles. The Bertz CT molecular complexity index is 608. The maximum atomic E-state index is 11.9. The van der Waals surface area contributed by atoms with Gasteiger partial charge in [-0.2, -0.15) is 11.8 Å². The molecular weight excluding hydrogens is 306 g/mol. The first-order valence-electron chi connectivity index (χ1n) is 6.97. The van der Waals surface area contributed by atoms with Crippen LogP contribution in [0.25, 0.3) is 0 Å². The average Bonchev–Trinajstić information content (AvgIpc) is 2.53. The minimum absolute atomic E-state index is 0.104. The quantitative estimate of drug-likeness (QED) is 0.667. The second-order valence-corrected chi connectivity index (χ2v) is 8.33. The molecule has 1 heterocycles. The van der Waals surface area contributed by atoms with Crippen LogP contribution in [0.15, 0.2) is 34.2 Å². The van der Waals surface area contributed by atoms with Crippen LogP contribution in [0.4, 0.5) is 0 Å². The maximum absolute atomic E-state index is 11.9. The summed E-state index contributed by atoms with van der Waals surface area (Å²) in [5, 5.41) is 0. The lowest BCUT2D eigenvalue weighted by Crippen LogP contribution is -2.42. The highest BCUT2D eigenvalue weighted by molar-refractivity contribution is 7.99. The SMILES string of the molecule is CCS(=O)(=O)c1cccc(CN=C(N)N2CCSCC2)c1. The van der Waals surface area contributed by atoms with Gasteiger partial charge in [-0.15, -0.1) is 0 Å². The molecule has 0 saturated carbocycles. The maximum Gasteiger partial charge on any atom is 0.191 e. The van der Waals surface area contributed by atoms with E-state index < -0.39 is 9.84 Å². The van der Waals surface area contributed by atoms with Crippen molar-refractivity contribution in [3.63, 3.8) is 0 Å². The zero-order chi connectivity index (χ0) is 15.3. The fraction of sp³-hybridized carbons (Fsp3) is 0.500. The van der Waals surface area contributed by atoms with Gasteiger partial charge in [0, 0.05) is 24.6 Å². The lowest BCUT2D eigenvalue weighted by Gasteiger charge is -2.27. The number of nitrogens with zero attached hydrogens (tertiary/aromatic N) is 2. The number of guanidine groups is 1. The summed E-state index contributed by atoms with van der Waals surface area (Å²) in [5.41, 5.74) is 6.85. The summed E-state index contributed by atoms with van der Waals surface area (Å²) < 4.78 is 23.7. The molecule has 0 radical (unpaired) electrons. The summed E-state index contributed by atoms with van der Waals surface area (Å²) in [7, 11) is -3.17. The third kappa shape index (κ3) is 4.38. The van der Waals surface area contributed by atoms with E-state index in [1.54, 1.807) is 25.1 Å². The molecule has 1 aliphatic rings. The first-order chi connectivity index (χ1) is 10.0. The fourth-order valence-corrected chi connectivity index (χ4v) is 3.92. The molecule has 1 saturated heterocycles. The molecule has 5 nitrogen and oxygen atoms in total. The smallest absolute Gasteiger partial charge is 0.191 e. The van der Waals surface area contributed by atoms with E-state index in [0.717, 1.165) is 30.2 Å². The predicted molar refractivity (Wildman–Crippen MR) is 88.4 cm³/mol. The van der Waals surface area contributed by atoms with Crippen LogP contribution in [0.1, 0.15) is 12.5 Å². The van der Waals surface area contributed by atoms with E-state index in [0.29, 0.717) is 17.4 Å². The lowest BCUT2D eigenvalue weighted by molar-refractivity contribution is 0.455. The Morgan fingerprint density at radius 2 is 2.10 bits per heavy atom. The lowest BCUT2D eigenvalue weighted by atomic mass is 10.2. The van der Waals surface area contributed by atoms with Gasteiger partial charge < -0.3 is 10.6 Å². The highest BCUT2D eigenvalue weighted by Crippen LogP contribution is 2.14. The number of aliphatic imine (C=N–C) groups is 1. The van der Waals surface area contributed by atoms with Crippen molar-refractivity contribution in [3.05, 3.63) is 29.8 Å². The molecule has 0 bridgehead atoms. The summed E-state index contributed by atoms with van der Waals surface area (Å²) in [6.45, 7) is 3.89.